The van der Waals surface area contributed by atoms with Gasteiger partial charge < -0.3 is 5.32 Å². The van der Waals surface area contributed by atoms with Crippen LogP contribution in [0.2, 0.25) is 0 Å². The predicted molar refractivity (Wildman–Crippen MR) is 102 cm³/mol. The van der Waals surface area contributed by atoms with Gasteiger partial charge in [-0.2, -0.15) is 0 Å². The summed E-state index contributed by atoms with van der Waals surface area (Å²) < 4.78 is 2.00. The van der Waals surface area contributed by atoms with Gasteiger partial charge in [-0.05, 0) is 48.6 Å². The molecule has 134 valence electrons. The third kappa shape index (κ3) is 3.93. The summed E-state index contributed by atoms with van der Waals surface area (Å²) in [5, 5.41) is 11.5. The number of rotatable bonds is 5. The van der Waals surface area contributed by atoms with E-state index in [2.05, 4.69) is 15.5 Å². The van der Waals surface area contributed by atoms with Crippen LogP contribution in [0.1, 0.15) is 49.9 Å². The molecule has 0 atom stereocenters. The van der Waals surface area contributed by atoms with Crippen molar-refractivity contribution in [2.45, 2.75) is 44.9 Å². The first-order valence-corrected chi connectivity index (χ1v) is 9.45. The van der Waals surface area contributed by atoms with Crippen molar-refractivity contribution < 1.29 is 4.79 Å². The number of amides is 1. The van der Waals surface area contributed by atoms with Gasteiger partial charge in [-0.3, -0.25) is 9.20 Å². The molecule has 0 unspecified atom stereocenters. The summed E-state index contributed by atoms with van der Waals surface area (Å²) >= 11 is 0. The van der Waals surface area contributed by atoms with Gasteiger partial charge >= 0.3 is 0 Å². The minimum atomic E-state index is 0.133. The molecule has 1 aromatic carbocycles. The summed E-state index contributed by atoms with van der Waals surface area (Å²) in [7, 11) is 0. The van der Waals surface area contributed by atoms with E-state index in [1.54, 1.807) is 0 Å². The Labute approximate surface area is 153 Å². The number of pyridine rings is 1. The first-order chi connectivity index (χ1) is 12.8. The largest absolute Gasteiger partial charge is 0.326 e. The number of nitrogens with zero attached hydrogens (tertiary/aromatic N) is 3. The van der Waals surface area contributed by atoms with Crippen molar-refractivity contribution in [3.63, 3.8) is 0 Å². The topological polar surface area (TPSA) is 59.3 Å². The highest BCUT2D eigenvalue weighted by Gasteiger charge is 2.17. The van der Waals surface area contributed by atoms with Crippen LogP contribution in [0.3, 0.4) is 0 Å². The van der Waals surface area contributed by atoms with Gasteiger partial charge in [0, 0.05) is 24.7 Å². The lowest BCUT2D eigenvalue weighted by atomic mass is 9.87. The van der Waals surface area contributed by atoms with Gasteiger partial charge in [0.2, 0.25) is 5.91 Å². The van der Waals surface area contributed by atoms with Crippen LogP contribution in [0.4, 0.5) is 5.69 Å². The van der Waals surface area contributed by atoms with E-state index < -0.39 is 0 Å². The third-order valence-electron chi connectivity index (χ3n) is 5.18. The number of anilines is 1. The lowest BCUT2D eigenvalue weighted by molar-refractivity contribution is -0.117. The molecule has 0 saturated heterocycles. The van der Waals surface area contributed by atoms with E-state index >= 15 is 0 Å². The number of carbonyl (C=O) groups is 1. The second-order valence-electron chi connectivity index (χ2n) is 7.18. The average Bonchev–Trinajstić information content (AvgIpc) is 3.07. The maximum Gasteiger partial charge on any atom is 0.224 e. The van der Waals surface area contributed by atoms with Crippen LogP contribution in [-0.4, -0.2) is 20.5 Å². The molecule has 0 radical (unpaired) electrons. The van der Waals surface area contributed by atoms with Gasteiger partial charge in [-0.1, -0.05) is 37.5 Å². The molecule has 5 nitrogen and oxygen atoms in total. The number of nitrogens with one attached hydrogen (secondary N) is 1. The van der Waals surface area contributed by atoms with Crippen molar-refractivity contribution in [3.05, 3.63) is 60.0 Å². The molecule has 2 aromatic heterocycles. The van der Waals surface area contributed by atoms with Crippen LogP contribution in [0, 0.1) is 5.92 Å². The van der Waals surface area contributed by atoms with Crippen LogP contribution in [0.25, 0.3) is 5.65 Å². The first-order valence-electron chi connectivity index (χ1n) is 9.45. The van der Waals surface area contributed by atoms with Crippen molar-refractivity contribution in [2.24, 2.45) is 5.92 Å². The van der Waals surface area contributed by atoms with E-state index in [4.69, 9.17) is 0 Å². The summed E-state index contributed by atoms with van der Waals surface area (Å²) in [6.45, 7) is 0. The molecule has 1 fully saturated rings. The summed E-state index contributed by atoms with van der Waals surface area (Å²) in [6.07, 6.45) is 9.58. The van der Waals surface area contributed by atoms with Crippen molar-refractivity contribution in [3.8, 4) is 0 Å². The predicted octanol–water partition coefficient (Wildman–Crippen LogP) is 4.23. The minimum Gasteiger partial charge on any atom is -0.326 e. The lowest BCUT2D eigenvalue weighted by Gasteiger charge is -2.20. The SMILES string of the molecule is O=C(CC1CCCCC1)Nc1ccc(Cc2nnc3ccccn23)cc1. The summed E-state index contributed by atoms with van der Waals surface area (Å²) in [4.78, 5) is 12.2. The Bertz CT molecular complexity index is 878. The normalized spacial score (nSPS) is 15.2. The van der Waals surface area contributed by atoms with Crippen molar-refractivity contribution in [1.82, 2.24) is 14.6 Å². The number of carbonyl (C=O) groups excluding carboxylic acids is 1. The molecule has 1 aliphatic carbocycles. The van der Waals surface area contributed by atoms with E-state index in [-0.39, 0.29) is 5.91 Å². The summed E-state index contributed by atoms with van der Waals surface area (Å²) in [5.41, 5.74) is 2.86. The van der Waals surface area contributed by atoms with E-state index in [1.165, 1.54) is 32.1 Å². The smallest absolute Gasteiger partial charge is 0.224 e. The fraction of sp³-hybridized carbons (Fsp3) is 0.381. The van der Waals surface area contributed by atoms with E-state index in [9.17, 15) is 4.79 Å². The van der Waals surface area contributed by atoms with Crippen LogP contribution in [-0.2, 0) is 11.2 Å². The Hall–Kier alpha value is -2.69. The zero-order chi connectivity index (χ0) is 17.8. The third-order valence-corrected chi connectivity index (χ3v) is 5.18. The monoisotopic (exact) mass is 348 g/mol. The van der Waals surface area contributed by atoms with Gasteiger partial charge in [-0.15, -0.1) is 10.2 Å². The van der Waals surface area contributed by atoms with E-state index in [1.807, 2.05) is 53.1 Å². The van der Waals surface area contributed by atoms with Gasteiger partial charge in [0.25, 0.3) is 0 Å². The van der Waals surface area contributed by atoms with E-state index in [0.29, 0.717) is 18.8 Å². The van der Waals surface area contributed by atoms with Crippen LogP contribution < -0.4 is 5.32 Å². The quantitative estimate of drug-likeness (QED) is 0.751. The highest BCUT2D eigenvalue weighted by atomic mass is 16.1. The average molecular weight is 348 g/mol. The maximum absolute atomic E-state index is 12.2. The van der Waals surface area contributed by atoms with Crippen LogP contribution in [0.15, 0.2) is 48.7 Å². The second-order valence-corrected chi connectivity index (χ2v) is 7.18. The zero-order valence-corrected chi connectivity index (χ0v) is 14.9. The maximum atomic E-state index is 12.2. The Morgan fingerprint density at radius 2 is 1.85 bits per heavy atom. The highest BCUT2D eigenvalue weighted by molar-refractivity contribution is 5.90. The van der Waals surface area contributed by atoms with Crippen molar-refractivity contribution in [1.29, 1.82) is 0 Å². The molecular formula is C21H24N4O. The molecule has 5 heteroatoms. The number of hydrogen-bond acceptors (Lipinski definition) is 3. The minimum absolute atomic E-state index is 0.133. The molecule has 1 aliphatic rings. The number of fused-ring (bicyclic) bond motifs is 1. The summed E-state index contributed by atoms with van der Waals surface area (Å²) in [6, 6.07) is 13.9. The van der Waals surface area contributed by atoms with Crippen LogP contribution >= 0.6 is 0 Å². The number of hydrogen-bond donors (Lipinski definition) is 1. The fourth-order valence-corrected chi connectivity index (χ4v) is 3.77. The van der Waals surface area contributed by atoms with Gasteiger partial charge in [0.1, 0.15) is 5.82 Å². The molecule has 3 aromatic rings. The van der Waals surface area contributed by atoms with Gasteiger partial charge in [0.15, 0.2) is 5.65 Å². The Morgan fingerprint density at radius 3 is 2.65 bits per heavy atom. The molecular weight excluding hydrogens is 324 g/mol. The Balaban J connectivity index is 1.36. The zero-order valence-electron chi connectivity index (χ0n) is 14.9. The van der Waals surface area contributed by atoms with Gasteiger partial charge in [-0.25, -0.2) is 0 Å². The second kappa shape index (κ2) is 7.68. The van der Waals surface area contributed by atoms with Crippen molar-refractivity contribution >= 4 is 17.2 Å². The molecule has 1 N–H and O–H groups in total. The van der Waals surface area contributed by atoms with E-state index in [0.717, 1.165) is 22.7 Å². The molecule has 0 bridgehead atoms. The van der Waals surface area contributed by atoms with Crippen molar-refractivity contribution in [2.75, 3.05) is 5.32 Å². The lowest BCUT2D eigenvalue weighted by Crippen LogP contribution is -2.18. The number of aromatic nitrogens is 3. The molecule has 2 heterocycles. The summed E-state index contributed by atoms with van der Waals surface area (Å²) in [5.74, 6) is 1.60. The molecule has 1 saturated carbocycles. The highest BCUT2D eigenvalue weighted by Crippen LogP contribution is 2.26. The first kappa shape index (κ1) is 16.8. The standard InChI is InChI=1S/C21H24N4O/c26-21(15-16-6-2-1-3-7-16)22-18-11-9-17(10-12-18)14-20-24-23-19-8-4-5-13-25(19)20/h4-5,8-13,16H,1-3,6-7,14-15H2,(H,22,26). The van der Waals surface area contributed by atoms with Gasteiger partial charge in [0.05, 0.1) is 0 Å². The fourth-order valence-electron chi connectivity index (χ4n) is 3.77. The Kier molecular flexibility index (Phi) is 4.95. The van der Waals surface area contributed by atoms with Crippen LogP contribution in [0.5, 0.6) is 0 Å². The molecule has 4 rings (SSSR count). The molecule has 0 aliphatic heterocycles. The molecule has 26 heavy (non-hydrogen) atoms. The molecule has 0 spiro atoms. The Morgan fingerprint density at radius 1 is 1.04 bits per heavy atom. The molecule has 1 amide bonds. The number of benzene rings is 1.